The number of pyridine rings is 3. The summed E-state index contributed by atoms with van der Waals surface area (Å²) < 4.78 is 23.0. The van der Waals surface area contributed by atoms with Crippen molar-refractivity contribution in [2.24, 2.45) is 0 Å². The number of aryl methyl sites for hydroxylation is 5. The minimum absolute atomic E-state index is 0.111. The molecule has 3 fully saturated rings. The minimum Gasteiger partial charge on any atom is -0.372 e. The highest BCUT2D eigenvalue weighted by molar-refractivity contribution is 7.16. The maximum Gasteiger partial charge on any atom is 0.226 e. The lowest BCUT2D eigenvalue weighted by atomic mass is 9.98. The molecule has 0 aliphatic carbocycles. The average molecular weight is 1160 g/mol. The van der Waals surface area contributed by atoms with Crippen LogP contribution in [0, 0.1) is 57.3 Å². The Morgan fingerprint density at radius 1 is 0.471 bits per heavy atom. The van der Waals surface area contributed by atoms with Crippen molar-refractivity contribution in [2.45, 2.75) is 113 Å². The largest absolute Gasteiger partial charge is 0.372 e. The molecule has 0 spiro atoms. The molecule has 8 aromatic heterocycles. The van der Waals surface area contributed by atoms with Crippen molar-refractivity contribution in [1.82, 2.24) is 50.0 Å². The summed E-state index contributed by atoms with van der Waals surface area (Å²) in [5.74, 6) is 2.80. The van der Waals surface area contributed by atoms with Gasteiger partial charge in [-0.25, -0.2) is 29.9 Å². The van der Waals surface area contributed by atoms with Crippen LogP contribution in [-0.4, -0.2) is 126 Å². The van der Waals surface area contributed by atoms with E-state index in [1.165, 1.54) is 11.3 Å². The zero-order chi connectivity index (χ0) is 59.9. The van der Waals surface area contributed by atoms with E-state index in [9.17, 15) is 10.5 Å². The molecule has 0 N–H and O–H groups in total. The van der Waals surface area contributed by atoms with E-state index in [4.69, 9.17) is 38.7 Å². The Morgan fingerprint density at radius 2 is 0.882 bits per heavy atom. The predicted molar refractivity (Wildman–Crippen MR) is 330 cm³/mol. The summed E-state index contributed by atoms with van der Waals surface area (Å²) in [5, 5.41) is 23.0. The van der Waals surface area contributed by atoms with Crippen LogP contribution in [0.4, 0.5) is 17.8 Å². The lowest BCUT2D eigenvalue weighted by Crippen LogP contribution is -2.46. The number of benzene rings is 1. The Bertz CT molecular complexity index is 3860. The highest BCUT2D eigenvalue weighted by atomic mass is 32.1. The maximum absolute atomic E-state index is 9.64. The number of nitriles is 2. The van der Waals surface area contributed by atoms with Gasteiger partial charge in [-0.1, -0.05) is 23.4 Å². The summed E-state index contributed by atoms with van der Waals surface area (Å²) in [6.07, 6.45) is 11.8. The van der Waals surface area contributed by atoms with Gasteiger partial charge in [-0.15, -0.1) is 11.3 Å². The summed E-state index contributed by atoms with van der Waals surface area (Å²) in [7, 11) is 0. The first-order valence-electron chi connectivity index (χ1n) is 28.5. The number of thiophene rings is 1. The summed E-state index contributed by atoms with van der Waals surface area (Å²) in [4.78, 5) is 49.9. The summed E-state index contributed by atoms with van der Waals surface area (Å²) >= 11 is 1.45. The Morgan fingerprint density at radius 3 is 1.28 bits per heavy atom. The molecule has 20 heteroatoms. The Hall–Kier alpha value is -8.92. The molecular weight excluding hydrogens is 1090 g/mol. The van der Waals surface area contributed by atoms with E-state index in [2.05, 4.69) is 98.5 Å². The molecule has 0 saturated carbocycles. The van der Waals surface area contributed by atoms with Crippen molar-refractivity contribution in [2.75, 3.05) is 54.0 Å². The maximum atomic E-state index is 9.64. The molecule has 434 valence electrons. The molecule has 3 aliphatic heterocycles. The van der Waals surface area contributed by atoms with Crippen LogP contribution < -0.4 is 14.7 Å². The van der Waals surface area contributed by atoms with Crippen molar-refractivity contribution in [3.63, 3.8) is 0 Å². The molecule has 19 nitrogen and oxygen atoms in total. The third-order valence-electron chi connectivity index (χ3n) is 14.6. The second-order valence-corrected chi connectivity index (χ2v) is 23.1. The second kappa shape index (κ2) is 26.3. The standard InChI is InChI=1S/C23H23N5O.C21H25N5O2.C21H21N5OS/c1-15-10-18(8-9-25-15)21-12-26-23(28-13-16(2)29-17(3)14-28)27-22(21)20-7-5-4-6-19(20)11-24;1-12-8-17(6-7-22-12)18-9-23-21(26-10-13(2)27-14(3)11-26)24-20(18)19-15(4)25-28-16(19)5;1-13-8-16(6-7-23-13)18-10-24-21(26-11-14(2)27-15(3)12-26)25-20(18)19-5-4-17(9-22)28-19/h4-10,12,16-17H,13-14H2,1-3H3;6-9,13-14H,10-11H2,1-5H3;4-8,10,14-15H,11-12H2,1-3H3. The van der Waals surface area contributed by atoms with Gasteiger partial charge in [0.05, 0.1) is 81.5 Å². The first-order valence-corrected chi connectivity index (χ1v) is 29.4. The molecule has 3 saturated heterocycles. The van der Waals surface area contributed by atoms with Crippen molar-refractivity contribution in [1.29, 1.82) is 10.5 Å². The lowest BCUT2D eigenvalue weighted by molar-refractivity contribution is -0.00597. The van der Waals surface area contributed by atoms with E-state index in [-0.39, 0.29) is 36.6 Å². The fraction of sp³-hybridized carbons (Fsp3) is 0.354. The van der Waals surface area contributed by atoms with E-state index in [1.54, 1.807) is 18.6 Å². The van der Waals surface area contributed by atoms with E-state index >= 15 is 0 Å². The molecule has 85 heavy (non-hydrogen) atoms. The molecular formula is C65H69N15O4S. The number of ether oxygens (including phenoxy) is 3. The molecule has 3 aliphatic rings. The molecule has 12 rings (SSSR count). The molecule has 9 aromatic rings. The zero-order valence-corrected chi connectivity index (χ0v) is 50.7. The third kappa shape index (κ3) is 14.0. The minimum atomic E-state index is 0.111. The van der Waals surface area contributed by atoms with Crippen molar-refractivity contribution in [3.05, 3.63) is 149 Å². The highest BCUT2D eigenvalue weighted by Gasteiger charge is 2.29. The van der Waals surface area contributed by atoms with Crippen LogP contribution in [-0.2, 0) is 14.2 Å². The van der Waals surface area contributed by atoms with Crippen LogP contribution in [0.3, 0.4) is 0 Å². The van der Waals surface area contributed by atoms with Gasteiger partial charge < -0.3 is 33.4 Å². The topological polar surface area (TPSA) is 227 Å². The van der Waals surface area contributed by atoms with E-state index in [1.807, 2.05) is 126 Å². The normalized spacial score (nSPS) is 19.4. The number of morpholine rings is 3. The number of rotatable bonds is 9. The Balaban J connectivity index is 0.000000142. The van der Waals surface area contributed by atoms with Gasteiger partial charge in [-0.3, -0.25) is 15.0 Å². The third-order valence-corrected chi connectivity index (χ3v) is 15.6. The molecule has 11 heterocycles. The van der Waals surface area contributed by atoms with Crippen LogP contribution in [0.25, 0.3) is 66.5 Å². The fourth-order valence-electron chi connectivity index (χ4n) is 11.1. The van der Waals surface area contributed by atoms with Gasteiger partial charge in [0.15, 0.2) is 0 Å². The van der Waals surface area contributed by atoms with Gasteiger partial charge in [0.1, 0.15) is 16.7 Å². The number of aromatic nitrogens is 10. The molecule has 6 atom stereocenters. The van der Waals surface area contributed by atoms with Gasteiger partial charge >= 0.3 is 0 Å². The van der Waals surface area contributed by atoms with E-state index < -0.39 is 0 Å². The molecule has 0 bridgehead atoms. The van der Waals surface area contributed by atoms with E-state index in [0.717, 1.165) is 134 Å². The smallest absolute Gasteiger partial charge is 0.226 e. The van der Waals surface area contributed by atoms with Gasteiger partial charge in [-0.05, 0) is 147 Å². The van der Waals surface area contributed by atoms with Crippen LogP contribution in [0.15, 0.2) is 115 Å². The number of hydrogen-bond donors (Lipinski definition) is 0. The van der Waals surface area contributed by atoms with E-state index in [0.29, 0.717) is 28.3 Å². The van der Waals surface area contributed by atoms with Crippen molar-refractivity contribution >= 4 is 29.2 Å². The summed E-state index contributed by atoms with van der Waals surface area (Å²) in [6.45, 7) is 26.7. The summed E-state index contributed by atoms with van der Waals surface area (Å²) in [6, 6.07) is 27.8. The molecule has 1 aromatic carbocycles. The molecule has 0 amide bonds. The van der Waals surface area contributed by atoms with Gasteiger partial charge in [0, 0.05) is 116 Å². The van der Waals surface area contributed by atoms with Crippen molar-refractivity contribution in [3.8, 4) is 78.6 Å². The van der Waals surface area contributed by atoms with Crippen LogP contribution in [0.1, 0.15) is 80.5 Å². The first-order chi connectivity index (χ1) is 41.0. The highest BCUT2D eigenvalue weighted by Crippen LogP contribution is 2.39. The van der Waals surface area contributed by atoms with Crippen LogP contribution >= 0.6 is 11.3 Å². The Kier molecular flexibility index (Phi) is 18.4. The number of hydrogen-bond acceptors (Lipinski definition) is 20. The fourth-order valence-corrected chi connectivity index (χ4v) is 11.9. The van der Waals surface area contributed by atoms with Crippen LogP contribution in [0.2, 0.25) is 0 Å². The second-order valence-electron chi connectivity index (χ2n) is 22.0. The Labute approximate surface area is 500 Å². The quantitative estimate of drug-likeness (QED) is 0.131. The summed E-state index contributed by atoms with van der Waals surface area (Å²) in [5.41, 5.74) is 14.2. The first kappa shape index (κ1) is 59.2. The van der Waals surface area contributed by atoms with Gasteiger partial charge in [-0.2, -0.15) is 10.5 Å². The van der Waals surface area contributed by atoms with Crippen molar-refractivity contribution < 1.29 is 18.7 Å². The van der Waals surface area contributed by atoms with Gasteiger partial charge in [0.2, 0.25) is 17.8 Å². The predicted octanol–water partition coefficient (Wildman–Crippen LogP) is 11.8. The van der Waals surface area contributed by atoms with Crippen LogP contribution in [0.5, 0.6) is 0 Å². The molecule has 6 unspecified atom stereocenters. The average Bonchev–Trinajstić information content (AvgIpc) is 2.67. The molecule has 0 radical (unpaired) electrons. The SMILES string of the molecule is Cc1cc(-c2cnc(N3CC(C)OC(C)C3)nc2-c2c(C)noc2C)ccn1.Cc1cc(-c2cnc(N3CC(C)OC(C)C3)nc2-c2ccc(C#N)s2)ccn1.Cc1cc(-c2cnc(N3CC(C)OC(C)C3)nc2-c2ccccc2C#N)ccn1. The van der Waals surface area contributed by atoms with Gasteiger partial charge in [0.25, 0.3) is 0 Å². The zero-order valence-electron chi connectivity index (χ0n) is 49.8. The lowest BCUT2D eigenvalue weighted by Gasteiger charge is -2.35. The monoisotopic (exact) mass is 1160 g/mol. The number of nitrogens with zero attached hydrogens (tertiary/aromatic N) is 15. The number of anilines is 3.